The van der Waals surface area contributed by atoms with Crippen LogP contribution in [0.15, 0.2) is 30.5 Å². The molecule has 0 atom stereocenters. The first-order valence-corrected chi connectivity index (χ1v) is 9.77. The molecule has 0 aliphatic carbocycles. The normalized spacial score (nSPS) is 15.2. The van der Waals surface area contributed by atoms with E-state index in [0.29, 0.717) is 54.8 Å². The summed E-state index contributed by atoms with van der Waals surface area (Å²) in [6.07, 6.45) is 1.65. The Hall–Kier alpha value is -2.65. The van der Waals surface area contributed by atoms with Crippen molar-refractivity contribution in [2.45, 2.75) is 20.1 Å². The molecule has 0 unspecified atom stereocenters. The van der Waals surface area contributed by atoms with E-state index in [4.69, 9.17) is 11.6 Å². The zero-order valence-electron chi connectivity index (χ0n) is 16.2. The quantitative estimate of drug-likeness (QED) is 0.600. The maximum absolute atomic E-state index is 14.2. The Labute approximate surface area is 176 Å². The molecule has 0 saturated carbocycles. The van der Waals surface area contributed by atoms with E-state index in [1.807, 2.05) is 13.0 Å². The molecule has 0 bridgehead atoms. The Morgan fingerprint density at radius 1 is 1.10 bits per heavy atom. The van der Waals surface area contributed by atoms with Gasteiger partial charge >= 0.3 is 6.61 Å². The molecule has 3 heterocycles. The van der Waals surface area contributed by atoms with Gasteiger partial charge < -0.3 is 9.64 Å². The zero-order valence-corrected chi connectivity index (χ0v) is 16.9. The van der Waals surface area contributed by atoms with Gasteiger partial charge in [-0.25, -0.2) is 14.4 Å². The Kier molecular flexibility index (Phi) is 5.92. The summed E-state index contributed by atoms with van der Waals surface area (Å²) >= 11 is 6.34. The predicted molar refractivity (Wildman–Crippen MR) is 108 cm³/mol. The molecule has 1 aliphatic heterocycles. The van der Waals surface area contributed by atoms with Crippen LogP contribution in [0.4, 0.5) is 19.0 Å². The predicted octanol–water partition coefficient (Wildman–Crippen LogP) is 4.05. The van der Waals surface area contributed by atoms with E-state index in [1.54, 1.807) is 6.20 Å². The number of ether oxygens (including phenoxy) is 1. The van der Waals surface area contributed by atoms with Gasteiger partial charge in [0.1, 0.15) is 17.1 Å². The molecule has 4 rings (SSSR count). The summed E-state index contributed by atoms with van der Waals surface area (Å²) < 4.78 is 43.0. The highest BCUT2D eigenvalue weighted by Crippen LogP contribution is 2.26. The van der Waals surface area contributed by atoms with E-state index in [1.165, 1.54) is 12.1 Å². The van der Waals surface area contributed by atoms with Crippen LogP contribution in [0.5, 0.6) is 5.75 Å². The summed E-state index contributed by atoms with van der Waals surface area (Å²) in [4.78, 5) is 17.4. The van der Waals surface area contributed by atoms with E-state index in [0.717, 1.165) is 17.3 Å². The van der Waals surface area contributed by atoms with Crippen molar-refractivity contribution in [1.29, 1.82) is 0 Å². The van der Waals surface area contributed by atoms with Crippen molar-refractivity contribution in [3.8, 4) is 5.75 Å². The molecule has 10 heteroatoms. The van der Waals surface area contributed by atoms with Gasteiger partial charge in [-0.05, 0) is 19.1 Å². The molecular weight excluding hydrogens is 419 g/mol. The number of benzene rings is 1. The number of fused-ring (bicyclic) bond motifs is 1. The number of alkyl halides is 2. The fourth-order valence-corrected chi connectivity index (χ4v) is 3.67. The van der Waals surface area contributed by atoms with E-state index < -0.39 is 12.4 Å². The van der Waals surface area contributed by atoms with Gasteiger partial charge in [0.2, 0.25) is 0 Å². The second-order valence-corrected chi connectivity index (χ2v) is 7.41. The van der Waals surface area contributed by atoms with E-state index in [2.05, 4.69) is 29.5 Å². The first-order valence-electron chi connectivity index (χ1n) is 9.39. The summed E-state index contributed by atoms with van der Waals surface area (Å²) in [5.74, 6) is -0.136. The molecule has 3 aromatic rings. The van der Waals surface area contributed by atoms with Crippen LogP contribution in [-0.2, 0) is 6.54 Å². The first-order chi connectivity index (χ1) is 14.4. The number of aryl methyl sites for hydroxylation is 1. The highest BCUT2D eigenvalue weighted by atomic mass is 35.5. The van der Waals surface area contributed by atoms with Crippen molar-refractivity contribution in [3.05, 3.63) is 52.7 Å². The van der Waals surface area contributed by atoms with Gasteiger partial charge in [0.25, 0.3) is 0 Å². The lowest BCUT2D eigenvalue weighted by Gasteiger charge is -2.35. The highest BCUT2D eigenvalue weighted by Gasteiger charge is 2.22. The molecule has 0 spiro atoms. The first kappa shape index (κ1) is 20.6. The minimum Gasteiger partial charge on any atom is -0.435 e. The standard InChI is InChI=1S/C20H19ClF3N5O/c1-12-8-16-17(10-25-12)26-18(21)19(27-16)29-6-4-28(5-7-29)11-13-2-3-14(9-15(13)22)30-20(23)24/h2-3,8-10,20H,4-7,11H2,1H3. The van der Waals surface area contributed by atoms with Crippen molar-refractivity contribution >= 4 is 28.5 Å². The third-order valence-electron chi connectivity index (χ3n) is 4.94. The average molecular weight is 438 g/mol. The molecule has 158 valence electrons. The molecule has 1 aliphatic rings. The van der Waals surface area contributed by atoms with Crippen LogP contribution in [0.3, 0.4) is 0 Å². The molecule has 1 aromatic carbocycles. The van der Waals surface area contributed by atoms with Gasteiger partial charge in [-0.2, -0.15) is 8.78 Å². The number of aromatic nitrogens is 3. The van der Waals surface area contributed by atoms with Crippen LogP contribution in [-0.4, -0.2) is 52.6 Å². The van der Waals surface area contributed by atoms with Crippen molar-refractivity contribution in [3.63, 3.8) is 0 Å². The maximum Gasteiger partial charge on any atom is 0.387 e. The number of rotatable bonds is 5. The molecule has 6 nitrogen and oxygen atoms in total. The topological polar surface area (TPSA) is 54.4 Å². The third kappa shape index (κ3) is 4.57. The van der Waals surface area contributed by atoms with E-state index in [-0.39, 0.29) is 5.75 Å². The summed E-state index contributed by atoms with van der Waals surface area (Å²) in [5, 5.41) is 0.322. The van der Waals surface area contributed by atoms with Crippen LogP contribution in [0, 0.1) is 12.7 Å². The van der Waals surface area contributed by atoms with Crippen molar-refractivity contribution < 1.29 is 17.9 Å². The van der Waals surface area contributed by atoms with Crippen molar-refractivity contribution in [1.82, 2.24) is 19.9 Å². The van der Waals surface area contributed by atoms with Crippen LogP contribution >= 0.6 is 11.6 Å². The zero-order chi connectivity index (χ0) is 21.3. The van der Waals surface area contributed by atoms with Crippen LogP contribution in [0.1, 0.15) is 11.3 Å². The van der Waals surface area contributed by atoms with Gasteiger partial charge in [-0.3, -0.25) is 9.88 Å². The minimum absolute atomic E-state index is 0.189. The molecule has 0 amide bonds. The fourth-order valence-electron chi connectivity index (χ4n) is 3.42. The van der Waals surface area contributed by atoms with E-state index in [9.17, 15) is 13.2 Å². The minimum atomic E-state index is -2.98. The Morgan fingerprint density at radius 3 is 2.57 bits per heavy atom. The largest absolute Gasteiger partial charge is 0.435 e. The molecule has 1 saturated heterocycles. The Morgan fingerprint density at radius 2 is 1.87 bits per heavy atom. The molecule has 1 fully saturated rings. The van der Waals surface area contributed by atoms with Gasteiger partial charge in [-0.1, -0.05) is 17.7 Å². The number of anilines is 1. The van der Waals surface area contributed by atoms with Crippen LogP contribution in [0.25, 0.3) is 11.0 Å². The average Bonchev–Trinajstić information content (AvgIpc) is 2.70. The maximum atomic E-state index is 14.2. The number of hydrogen-bond donors (Lipinski definition) is 0. The molecule has 0 N–H and O–H groups in total. The lowest BCUT2D eigenvalue weighted by atomic mass is 10.1. The SMILES string of the molecule is Cc1cc2nc(N3CCN(Cc4ccc(OC(F)F)cc4F)CC3)c(Cl)nc2cn1. The van der Waals surface area contributed by atoms with Gasteiger partial charge in [0.05, 0.1) is 11.7 Å². The van der Waals surface area contributed by atoms with Crippen molar-refractivity contribution in [2.75, 3.05) is 31.1 Å². The number of halogens is 4. The summed E-state index contributed by atoms with van der Waals surface area (Å²) in [6.45, 7) is 1.92. The van der Waals surface area contributed by atoms with Gasteiger partial charge in [0, 0.05) is 50.0 Å². The lowest BCUT2D eigenvalue weighted by Crippen LogP contribution is -2.46. The molecule has 2 aromatic heterocycles. The highest BCUT2D eigenvalue weighted by molar-refractivity contribution is 6.32. The van der Waals surface area contributed by atoms with Crippen LogP contribution in [0.2, 0.25) is 5.15 Å². The Bertz CT molecular complexity index is 1060. The summed E-state index contributed by atoms with van der Waals surface area (Å²) in [6, 6.07) is 5.67. The number of pyridine rings is 1. The smallest absolute Gasteiger partial charge is 0.387 e. The monoisotopic (exact) mass is 437 g/mol. The van der Waals surface area contributed by atoms with Gasteiger partial charge in [-0.15, -0.1) is 0 Å². The van der Waals surface area contributed by atoms with Gasteiger partial charge in [0.15, 0.2) is 11.0 Å². The molecule has 0 radical (unpaired) electrons. The fraction of sp³-hybridized carbons (Fsp3) is 0.350. The second kappa shape index (κ2) is 8.61. The Balaban J connectivity index is 1.42. The van der Waals surface area contributed by atoms with Crippen molar-refractivity contribution in [2.24, 2.45) is 0 Å². The summed E-state index contributed by atoms with van der Waals surface area (Å²) in [7, 11) is 0. The summed E-state index contributed by atoms with van der Waals surface area (Å²) in [5.41, 5.74) is 2.65. The molecule has 30 heavy (non-hydrogen) atoms. The third-order valence-corrected chi connectivity index (χ3v) is 5.20. The second-order valence-electron chi connectivity index (χ2n) is 7.05. The van der Waals surface area contributed by atoms with Crippen LogP contribution < -0.4 is 9.64 Å². The number of piperazine rings is 1. The molecular formula is C20H19ClF3N5O. The number of nitrogens with zero attached hydrogens (tertiary/aromatic N) is 5. The van der Waals surface area contributed by atoms with E-state index >= 15 is 0 Å². The number of hydrogen-bond acceptors (Lipinski definition) is 6. The lowest BCUT2D eigenvalue weighted by molar-refractivity contribution is -0.0500.